The fraction of sp³-hybridized carbons (Fsp3) is 0.467. The third kappa shape index (κ3) is 4.33. The molecule has 0 bridgehead atoms. The molecule has 1 aliphatic rings. The predicted octanol–water partition coefficient (Wildman–Crippen LogP) is 0.120. The summed E-state index contributed by atoms with van der Waals surface area (Å²) < 4.78 is 15.6. The smallest absolute Gasteiger partial charge is 0.250 e. The largest absolute Gasteiger partial charge is 0.493 e. The zero-order chi connectivity index (χ0) is 16.8. The van der Waals surface area contributed by atoms with E-state index in [-0.39, 0.29) is 29.6 Å². The van der Waals surface area contributed by atoms with E-state index in [1.165, 1.54) is 26.4 Å². The third-order valence-corrected chi connectivity index (χ3v) is 3.49. The molecule has 1 heterocycles. The van der Waals surface area contributed by atoms with E-state index < -0.39 is 5.91 Å². The molecule has 1 unspecified atom stereocenters. The molecule has 0 radical (unpaired) electrons. The number of benzene rings is 1. The van der Waals surface area contributed by atoms with E-state index in [1.807, 2.05) is 0 Å². The standard InChI is InChI=1S/C15H21N3O5/c1-21-12-6-10(15(16)20)11(7-13(12)22-2)18-14(19)5-9-8-23-4-3-17-9/h6-7,9,17H,3-5,8H2,1-2H3,(H2,16,20)(H,18,19). The Morgan fingerprint density at radius 2 is 2.04 bits per heavy atom. The van der Waals surface area contributed by atoms with E-state index in [0.29, 0.717) is 31.3 Å². The lowest BCUT2D eigenvalue weighted by Gasteiger charge is -2.23. The Balaban J connectivity index is 2.16. The van der Waals surface area contributed by atoms with E-state index in [0.717, 1.165) is 0 Å². The van der Waals surface area contributed by atoms with Gasteiger partial charge in [0.15, 0.2) is 11.5 Å². The number of anilines is 1. The summed E-state index contributed by atoms with van der Waals surface area (Å²) in [6, 6.07) is 2.90. The maximum absolute atomic E-state index is 12.2. The van der Waals surface area contributed by atoms with Gasteiger partial charge in [-0.15, -0.1) is 0 Å². The van der Waals surface area contributed by atoms with Crippen LogP contribution in [0.4, 0.5) is 5.69 Å². The maximum atomic E-state index is 12.2. The van der Waals surface area contributed by atoms with Crippen molar-refractivity contribution < 1.29 is 23.8 Å². The van der Waals surface area contributed by atoms with Crippen LogP contribution >= 0.6 is 0 Å². The molecule has 2 amide bonds. The van der Waals surface area contributed by atoms with E-state index in [9.17, 15) is 9.59 Å². The second-order valence-corrected chi connectivity index (χ2v) is 5.10. The summed E-state index contributed by atoms with van der Waals surface area (Å²) >= 11 is 0. The lowest BCUT2D eigenvalue weighted by molar-refractivity contribution is -0.117. The van der Waals surface area contributed by atoms with Crippen molar-refractivity contribution in [3.63, 3.8) is 0 Å². The topological polar surface area (TPSA) is 112 Å². The summed E-state index contributed by atoms with van der Waals surface area (Å²) in [6.07, 6.45) is 0.229. The van der Waals surface area contributed by atoms with Crippen LogP contribution in [-0.2, 0) is 9.53 Å². The number of ether oxygens (including phenoxy) is 3. The van der Waals surface area contributed by atoms with Gasteiger partial charge in [-0.05, 0) is 6.07 Å². The van der Waals surface area contributed by atoms with Crippen LogP contribution in [0, 0.1) is 0 Å². The highest BCUT2D eigenvalue weighted by Crippen LogP contribution is 2.33. The minimum atomic E-state index is -0.666. The van der Waals surface area contributed by atoms with E-state index in [4.69, 9.17) is 19.9 Å². The van der Waals surface area contributed by atoms with Crippen LogP contribution in [0.15, 0.2) is 12.1 Å². The van der Waals surface area contributed by atoms with E-state index in [1.54, 1.807) is 0 Å². The summed E-state index contributed by atoms with van der Waals surface area (Å²) in [5, 5.41) is 5.89. The number of hydrogen-bond donors (Lipinski definition) is 3. The van der Waals surface area contributed by atoms with Crippen molar-refractivity contribution in [3.8, 4) is 11.5 Å². The van der Waals surface area contributed by atoms with Crippen LogP contribution in [0.1, 0.15) is 16.8 Å². The first-order valence-electron chi connectivity index (χ1n) is 7.22. The van der Waals surface area contributed by atoms with Gasteiger partial charge >= 0.3 is 0 Å². The van der Waals surface area contributed by atoms with E-state index in [2.05, 4.69) is 10.6 Å². The molecule has 8 nitrogen and oxygen atoms in total. The van der Waals surface area contributed by atoms with Gasteiger partial charge in [0.2, 0.25) is 5.91 Å². The average Bonchev–Trinajstić information content (AvgIpc) is 2.54. The summed E-state index contributed by atoms with van der Waals surface area (Å²) in [4.78, 5) is 23.8. The van der Waals surface area contributed by atoms with Gasteiger partial charge in [-0.2, -0.15) is 0 Å². The first-order valence-corrected chi connectivity index (χ1v) is 7.22. The summed E-state index contributed by atoms with van der Waals surface area (Å²) in [6.45, 7) is 1.82. The maximum Gasteiger partial charge on any atom is 0.250 e. The zero-order valence-electron chi connectivity index (χ0n) is 13.2. The zero-order valence-corrected chi connectivity index (χ0v) is 13.2. The molecule has 1 aromatic rings. The molecular weight excluding hydrogens is 302 g/mol. The van der Waals surface area contributed by atoms with Crippen molar-refractivity contribution in [2.45, 2.75) is 12.5 Å². The number of rotatable bonds is 6. The summed E-state index contributed by atoms with van der Waals surface area (Å²) in [7, 11) is 2.92. The lowest BCUT2D eigenvalue weighted by atomic mass is 10.1. The predicted molar refractivity (Wildman–Crippen MR) is 83.9 cm³/mol. The summed E-state index contributed by atoms with van der Waals surface area (Å²) in [5.41, 5.74) is 5.82. The number of carbonyl (C=O) groups excluding carboxylic acids is 2. The van der Waals surface area contributed by atoms with Gasteiger partial charge in [-0.3, -0.25) is 9.59 Å². The van der Waals surface area contributed by atoms with Crippen molar-refractivity contribution in [1.29, 1.82) is 0 Å². The fourth-order valence-electron chi connectivity index (χ4n) is 2.36. The molecule has 1 saturated heterocycles. The molecule has 0 aliphatic carbocycles. The number of methoxy groups -OCH3 is 2. The first kappa shape index (κ1) is 17.0. The molecule has 0 saturated carbocycles. The Kier molecular flexibility index (Phi) is 5.78. The molecule has 1 atom stereocenters. The van der Waals surface area contributed by atoms with Crippen molar-refractivity contribution in [1.82, 2.24) is 5.32 Å². The SMILES string of the molecule is COc1cc(NC(=O)CC2COCCN2)c(C(N)=O)cc1OC. The molecule has 0 spiro atoms. The highest BCUT2D eigenvalue weighted by atomic mass is 16.5. The second kappa shape index (κ2) is 7.80. The third-order valence-electron chi connectivity index (χ3n) is 3.49. The summed E-state index contributed by atoms with van der Waals surface area (Å²) in [5.74, 6) is -0.156. The number of primary amides is 1. The van der Waals surface area contributed by atoms with E-state index >= 15 is 0 Å². The Morgan fingerprint density at radius 1 is 1.35 bits per heavy atom. The highest BCUT2D eigenvalue weighted by Gasteiger charge is 2.20. The van der Waals surface area contributed by atoms with Crippen LogP contribution in [-0.4, -0.2) is 51.8 Å². The molecule has 1 fully saturated rings. The first-order chi connectivity index (χ1) is 11.0. The second-order valence-electron chi connectivity index (χ2n) is 5.10. The number of amides is 2. The van der Waals surface area contributed by atoms with Crippen molar-refractivity contribution >= 4 is 17.5 Å². The Labute approximate surface area is 134 Å². The fourth-order valence-corrected chi connectivity index (χ4v) is 2.36. The Bertz CT molecular complexity index is 585. The molecule has 126 valence electrons. The van der Waals surface area contributed by atoms with Gasteiger partial charge < -0.3 is 30.6 Å². The molecule has 1 aliphatic heterocycles. The lowest BCUT2D eigenvalue weighted by Crippen LogP contribution is -2.43. The van der Waals surface area contributed by atoms with Crippen LogP contribution in [0.3, 0.4) is 0 Å². The van der Waals surface area contributed by atoms with Crippen LogP contribution in [0.2, 0.25) is 0 Å². The molecule has 1 aromatic carbocycles. The van der Waals surface area contributed by atoms with Crippen LogP contribution in [0.25, 0.3) is 0 Å². The Morgan fingerprint density at radius 3 is 2.61 bits per heavy atom. The van der Waals surface area contributed by atoms with Crippen LogP contribution < -0.4 is 25.8 Å². The number of morpholine rings is 1. The quantitative estimate of drug-likeness (QED) is 0.685. The van der Waals surface area contributed by atoms with Crippen molar-refractivity contribution in [3.05, 3.63) is 17.7 Å². The van der Waals surface area contributed by atoms with Gasteiger partial charge in [0.05, 0.1) is 38.7 Å². The van der Waals surface area contributed by atoms with Crippen molar-refractivity contribution in [2.75, 3.05) is 39.3 Å². The number of carbonyl (C=O) groups is 2. The molecule has 2 rings (SSSR count). The Hall–Kier alpha value is -2.32. The molecule has 8 heteroatoms. The van der Waals surface area contributed by atoms with Gasteiger partial charge in [-0.1, -0.05) is 0 Å². The normalized spacial score (nSPS) is 17.4. The monoisotopic (exact) mass is 323 g/mol. The number of hydrogen-bond acceptors (Lipinski definition) is 6. The van der Waals surface area contributed by atoms with Crippen LogP contribution in [0.5, 0.6) is 11.5 Å². The number of nitrogens with two attached hydrogens (primary N) is 1. The number of nitrogens with one attached hydrogen (secondary N) is 2. The molecular formula is C15H21N3O5. The van der Waals surface area contributed by atoms with Crippen molar-refractivity contribution in [2.24, 2.45) is 5.73 Å². The minimum absolute atomic E-state index is 0.0547. The molecule has 0 aromatic heterocycles. The van der Waals surface area contributed by atoms with Gasteiger partial charge in [-0.25, -0.2) is 0 Å². The van der Waals surface area contributed by atoms with Gasteiger partial charge in [0.1, 0.15) is 0 Å². The van der Waals surface area contributed by atoms with Gasteiger partial charge in [0, 0.05) is 25.1 Å². The average molecular weight is 323 g/mol. The molecule has 4 N–H and O–H groups in total. The molecule has 23 heavy (non-hydrogen) atoms. The highest BCUT2D eigenvalue weighted by molar-refractivity contribution is 6.04. The van der Waals surface area contributed by atoms with Gasteiger partial charge in [0.25, 0.3) is 5.91 Å². The minimum Gasteiger partial charge on any atom is -0.493 e.